The van der Waals surface area contributed by atoms with Gasteiger partial charge in [-0.2, -0.15) is 0 Å². The van der Waals surface area contributed by atoms with Crippen molar-refractivity contribution >= 4 is 27.3 Å². The molecular weight excluding hydrogens is 264 g/mol. The third-order valence-electron chi connectivity index (χ3n) is 3.21. The SMILES string of the molecule is CCN1C(=O)Cc2cc(NS(=O)(=O)C(C)C)ccc21. The Balaban J connectivity index is 2.30. The topological polar surface area (TPSA) is 66.5 Å². The van der Waals surface area contributed by atoms with Crippen molar-refractivity contribution in [3.8, 4) is 0 Å². The van der Waals surface area contributed by atoms with Gasteiger partial charge in [0.1, 0.15) is 0 Å². The standard InChI is InChI=1S/C13H18N2O3S/c1-4-15-12-6-5-11(7-10(12)8-13(15)16)14-19(17,18)9(2)3/h5-7,9,14H,4,8H2,1-3H3. The van der Waals surface area contributed by atoms with Gasteiger partial charge in [0.05, 0.1) is 11.7 Å². The third kappa shape index (κ3) is 2.58. The summed E-state index contributed by atoms with van der Waals surface area (Å²) < 4.78 is 26.1. The summed E-state index contributed by atoms with van der Waals surface area (Å²) in [5, 5.41) is -0.491. The molecule has 1 aromatic rings. The number of sulfonamides is 1. The van der Waals surface area contributed by atoms with Gasteiger partial charge in [-0.1, -0.05) is 0 Å². The van der Waals surface area contributed by atoms with Crippen LogP contribution in [0.3, 0.4) is 0 Å². The Kier molecular flexibility index (Phi) is 3.54. The number of benzene rings is 1. The Morgan fingerprint density at radius 3 is 2.63 bits per heavy atom. The second-order valence-corrected chi connectivity index (χ2v) is 7.09. The van der Waals surface area contributed by atoms with E-state index < -0.39 is 15.3 Å². The van der Waals surface area contributed by atoms with E-state index >= 15 is 0 Å². The van der Waals surface area contributed by atoms with Crippen LogP contribution in [-0.2, 0) is 21.2 Å². The van der Waals surface area contributed by atoms with Gasteiger partial charge in [-0.15, -0.1) is 0 Å². The second kappa shape index (κ2) is 4.85. The minimum Gasteiger partial charge on any atom is -0.312 e. The van der Waals surface area contributed by atoms with Gasteiger partial charge in [0.25, 0.3) is 0 Å². The molecule has 1 amide bonds. The molecule has 0 fully saturated rings. The Hall–Kier alpha value is -1.56. The highest BCUT2D eigenvalue weighted by molar-refractivity contribution is 7.93. The van der Waals surface area contributed by atoms with Crippen molar-refractivity contribution in [2.45, 2.75) is 32.4 Å². The van der Waals surface area contributed by atoms with E-state index in [1.54, 1.807) is 36.9 Å². The Bertz CT molecular complexity index is 608. The smallest absolute Gasteiger partial charge is 0.235 e. The Labute approximate surface area is 113 Å². The highest BCUT2D eigenvalue weighted by Gasteiger charge is 2.26. The molecule has 1 aliphatic rings. The maximum atomic E-state index is 11.8. The normalized spacial score (nSPS) is 14.9. The molecule has 1 heterocycles. The fourth-order valence-corrected chi connectivity index (χ4v) is 2.77. The fraction of sp³-hybridized carbons (Fsp3) is 0.462. The van der Waals surface area contributed by atoms with Gasteiger partial charge in [-0.05, 0) is 44.5 Å². The molecule has 0 spiro atoms. The first-order valence-corrected chi connectivity index (χ1v) is 7.84. The van der Waals surface area contributed by atoms with Crippen LogP contribution >= 0.6 is 0 Å². The summed E-state index contributed by atoms with van der Waals surface area (Å²) in [7, 11) is -3.35. The van der Waals surface area contributed by atoms with Gasteiger partial charge in [0.2, 0.25) is 15.9 Å². The highest BCUT2D eigenvalue weighted by atomic mass is 32.2. The molecule has 0 bridgehead atoms. The van der Waals surface area contributed by atoms with Crippen molar-refractivity contribution < 1.29 is 13.2 Å². The van der Waals surface area contributed by atoms with Crippen LogP contribution in [0.5, 0.6) is 0 Å². The molecule has 0 aliphatic carbocycles. The van der Waals surface area contributed by atoms with Crippen LogP contribution in [0.15, 0.2) is 18.2 Å². The van der Waals surface area contributed by atoms with Crippen LogP contribution in [0.25, 0.3) is 0 Å². The molecule has 2 rings (SSSR count). The summed E-state index contributed by atoms with van der Waals surface area (Å²) in [5.41, 5.74) is 2.26. The van der Waals surface area contributed by atoms with Crippen LogP contribution in [0, 0.1) is 0 Å². The van der Waals surface area contributed by atoms with Crippen LogP contribution in [-0.4, -0.2) is 26.1 Å². The van der Waals surface area contributed by atoms with Crippen molar-refractivity contribution in [2.75, 3.05) is 16.2 Å². The lowest BCUT2D eigenvalue weighted by Gasteiger charge is -2.15. The van der Waals surface area contributed by atoms with E-state index in [4.69, 9.17) is 0 Å². The van der Waals surface area contributed by atoms with Crippen LogP contribution in [0.4, 0.5) is 11.4 Å². The van der Waals surface area contributed by atoms with Crippen LogP contribution in [0.2, 0.25) is 0 Å². The van der Waals surface area contributed by atoms with Crippen molar-refractivity contribution in [3.05, 3.63) is 23.8 Å². The highest BCUT2D eigenvalue weighted by Crippen LogP contribution is 2.31. The van der Waals surface area contributed by atoms with E-state index in [1.165, 1.54) is 0 Å². The molecule has 0 saturated heterocycles. The third-order valence-corrected chi connectivity index (χ3v) is 4.97. The molecule has 19 heavy (non-hydrogen) atoms. The van der Waals surface area contributed by atoms with E-state index in [9.17, 15) is 13.2 Å². The van der Waals surface area contributed by atoms with Crippen molar-refractivity contribution in [3.63, 3.8) is 0 Å². The summed E-state index contributed by atoms with van der Waals surface area (Å²) in [4.78, 5) is 13.5. The van der Waals surface area contributed by atoms with Crippen molar-refractivity contribution in [1.29, 1.82) is 0 Å². The predicted molar refractivity (Wildman–Crippen MR) is 75.9 cm³/mol. The zero-order valence-corrected chi connectivity index (χ0v) is 12.1. The number of likely N-dealkylation sites (N-methyl/N-ethyl adjacent to an activating group) is 1. The maximum Gasteiger partial charge on any atom is 0.235 e. The monoisotopic (exact) mass is 282 g/mol. The van der Waals surface area contributed by atoms with Gasteiger partial charge in [0, 0.05) is 17.9 Å². The van der Waals surface area contributed by atoms with Gasteiger partial charge >= 0.3 is 0 Å². The van der Waals surface area contributed by atoms with E-state index in [0.717, 1.165) is 11.3 Å². The predicted octanol–water partition coefficient (Wildman–Crippen LogP) is 1.75. The van der Waals surface area contributed by atoms with Gasteiger partial charge in [0.15, 0.2) is 0 Å². The minimum absolute atomic E-state index is 0.0568. The molecule has 0 radical (unpaired) electrons. The van der Waals surface area contributed by atoms with Gasteiger partial charge < -0.3 is 4.90 Å². The van der Waals surface area contributed by atoms with Crippen molar-refractivity contribution in [1.82, 2.24) is 0 Å². The number of nitrogens with one attached hydrogen (secondary N) is 1. The van der Waals surface area contributed by atoms with Crippen LogP contribution < -0.4 is 9.62 Å². The number of hydrogen-bond donors (Lipinski definition) is 1. The number of carbonyl (C=O) groups is 1. The lowest BCUT2D eigenvalue weighted by atomic mass is 10.1. The molecule has 0 atom stereocenters. The second-order valence-electron chi connectivity index (χ2n) is 4.85. The van der Waals surface area contributed by atoms with E-state index in [1.807, 2.05) is 6.92 Å². The maximum absolute atomic E-state index is 11.8. The quantitative estimate of drug-likeness (QED) is 0.915. The van der Waals surface area contributed by atoms with E-state index in [2.05, 4.69) is 4.72 Å². The molecule has 0 unspecified atom stereocenters. The number of anilines is 2. The summed E-state index contributed by atoms with van der Waals surface area (Å²) in [6.45, 7) is 5.79. The lowest BCUT2D eigenvalue weighted by molar-refractivity contribution is -0.117. The van der Waals surface area contributed by atoms with E-state index in [-0.39, 0.29) is 5.91 Å². The number of carbonyl (C=O) groups excluding carboxylic acids is 1. The molecule has 5 nitrogen and oxygen atoms in total. The van der Waals surface area contributed by atoms with Crippen LogP contribution in [0.1, 0.15) is 26.3 Å². The summed E-state index contributed by atoms with van der Waals surface area (Å²) in [6.07, 6.45) is 0.334. The zero-order valence-electron chi connectivity index (χ0n) is 11.3. The summed E-state index contributed by atoms with van der Waals surface area (Å²) >= 11 is 0. The Morgan fingerprint density at radius 2 is 2.05 bits per heavy atom. The lowest BCUT2D eigenvalue weighted by Crippen LogP contribution is -2.25. The van der Waals surface area contributed by atoms with Gasteiger partial charge in [-0.25, -0.2) is 8.42 Å². The molecule has 0 saturated carbocycles. The molecule has 104 valence electrons. The molecule has 1 aromatic carbocycles. The number of nitrogens with zero attached hydrogens (tertiary/aromatic N) is 1. The fourth-order valence-electron chi connectivity index (χ4n) is 2.08. The first-order chi connectivity index (χ1) is 8.85. The number of hydrogen-bond acceptors (Lipinski definition) is 3. The zero-order chi connectivity index (χ0) is 14.2. The summed E-state index contributed by atoms with van der Waals surface area (Å²) in [5.74, 6) is 0.0568. The average molecular weight is 282 g/mol. The first kappa shape index (κ1) is 13.9. The first-order valence-electron chi connectivity index (χ1n) is 6.30. The Morgan fingerprint density at radius 1 is 1.37 bits per heavy atom. The largest absolute Gasteiger partial charge is 0.312 e. The van der Waals surface area contributed by atoms with Crippen molar-refractivity contribution in [2.24, 2.45) is 0 Å². The molecule has 0 aromatic heterocycles. The summed E-state index contributed by atoms with van der Waals surface area (Å²) in [6, 6.07) is 5.23. The molecule has 6 heteroatoms. The molecular formula is C13H18N2O3S. The van der Waals surface area contributed by atoms with Gasteiger partial charge in [-0.3, -0.25) is 9.52 Å². The number of amides is 1. The molecule has 1 aliphatic heterocycles. The molecule has 1 N–H and O–H groups in total. The van der Waals surface area contributed by atoms with E-state index in [0.29, 0.717) is 18.7 Å². The number of rotatable bonds is 4. The minimum atomic E-state index is -3.35. The number of fused-ring (bicyclic) bond motifs is 1. The average Bonchev–Trinajstić information content (AvgIpc) is 2.62.